The molecule has 1 fully saturated rings. The van der Waals surface area contributed by atoms with Crippen molar-refractivity contribution in [1.82, 2.24) is 5.32 Å². The van der Waals surface area contributed by atoms with Gasteiger partial charge in [0.1, 0.15) is 0 Å². The number of benzene rings is 2. The van der Waals surface area contributed by atoms with Crippen LogP contribution in [0, 0.1) is 6.92 Å². The molecular formula is C19H22Cl2N2O. The van der Waals surface area contributed by atoms with Crippen LogP contribution in [0.2, 0.25) is 10.0 Å². The molecule has 128 valence electrons. The molecule has 2 aromatic carbocycles. The van der Waals surface area contributed by atoms with Crippen molar-refractivity contribution in [3.05, 3.63) is 63.6 Å². The molecule has 0 spiro atoms. The van der Waals surface area contributed by atoms with Crippen LogP contribution in [-0.2, 0) is 4.74 Å². The van der Waals surface area contributed by atoms with E-state index in [0.29, 0.717) is 22.7 Å². The molecular weight excluding hydrogens is 343 g/mol. The smallest absolute Gasteiger partial charge is 0.0682 e. The highest BCUT2D eigenvalue weighted by Gasteiger charge is 2.30. The van der Waals surface area contributed by atoms with Gasteiger partial charge in [0.2, 0.25) is 0 Å². The minimum absolute atomic E-state index is 0.158. The van der Waals surface area contributed by atoms with Gasteiger partial charge in [-0.05, 0) is 36.8 Å². The SMILES string of the molecule is COC[C@H]1CN(c2ccc(C)cc2)[C@H](c2ccc(Cl)cc2Cl)CN1. The zero-order valence-corrected chi connectivity index (χ0v) is 15.4. The summed E-state index contributed by atoms with van der Waals surface area (Å²) < 4.78 is 5.33. The Morgan fingerprint density at radius 1 is 1.17 bits per heavy atom. The number of methoxy groups -OCH3 is 1. The van der Waals surface area contributed by atoms with Gasteiger partial charge in [0.25, 0.3) is 0 Å². The molecule has 3 nitrogen and oxygen atoms in total. The predicted molar refractivity (Wildman–Crippen MR) is 101 cm³/mol. The van der Waals surface area contributed by atoms with Gasteiger partial charge in [-0.25, -0.2) is 0 Å². The van der Waals surface area contributed by atoms with Gasteiger partial charge in [-0.1, -0.05) is 47.0 Å². The number of ether oxygens (including phenoxy) is 1. The van der Waals surface area contributed by atoms with E-state index in [4.69, 9.17) is 27.9 Å². The van der Waals surface area contributed by atoms with Crippen molar-refractivity contribution in [2.45, 2.75) is 19.0 Å². The van der Waals surface area contributed by atoms with Crippen molar-refractivity contribution in [2.75, 3.05) is 31.7 Å². The fraction of sp³-hybridized carbons (Fsp3) is 0.368. The van der Waals surface area contributed by atoms with Crippen LogP contribution < -0.4 is 10.2 Å². The van der Waals surface area contributed by atoms with Crippen LogP contribution in [-0.4, -0.2) is 32.8 Å². The third-order valence-electron chi connectivity index (χ3n) is 4.45. The second kappa shape index (κ2) is 7.75. The largest absolute Gasteiger partial charge is 0.383 e. The average Bonchev–Trinajstić information content (AvgIpc) is 2.56. The lowest BCUT2D eigenvalue weighted by molar-refractivity contribution is 0.158. The van der Waals surface area contributed by atoms with Crippen molar-refractivity contribution >= 4 is 28.9 Å². The van der Waals surface area contributed by atoms with Crippen molar-refractivity contribution in [2.24, 2.45) is 0 Å². The van der Waals surface area contributed by atoms with Gasteiger partial charge in [0.15, 0.2) is 0 Å². The summed E-state index contributed by atoms with van der Waals surface area (Å²) in [6.07, 6.45) is 0. The fourth-order valence-electron chi connectivity index (χ4n) is 3.20. The molecule has 0 aliphatic carbocycles. The lowest BCUT2D eigenvalue weighted by Gasteiger charge is -2.42. The van der Waals surface area contributed by atoms with E-state index in [9.17, 15) is 0 Å². The molecule has 5 heteroatoms. The minimum Gasteiger partial charge on any atom is -0.383 e. The van der Waals surface area contributed by atoms with Crippen molar-refractivity contribution < 1.29 is 4.74 Å². The van der Waals surface area contributed by atoms with E-state index in [2.05, 4.69) is 41.4 Å². The maximum absolute atomic E-state index is 6.47. The summed E-state index contributed by atoms with van der Waals surface area (Å²) in [6, 6.07) is 14.8. The number of aryl methyl sites for hydroxylation is 1. The molecule has 3 rings (SSSR count). The maximum Gasteiger partial charge on any atom is 0.0682 e. The molecule has 0 unspecified atom stereocenters. The van der Waals surface area contributed by atoms with Crippen LogP contribution in [0.5, 0.6) is 0 Å². The number of hydrogen-bond donors (Lipinski definition) is 1. The Morgan fingerprint density at radius 2 is 1.92 bits per heavy atom. The van der Waals surface area contributed by atoms with Gasteiger partial charge >= 0.3 is 0 Å². The Kier molecular flexibility index (Phi) is 5.67. The van der Waals surface area contributed by atoms with E-state index in [-0.39, 0.29) is 6.04 Å². The Balaban J connectivity index is 1.94. The van der Waals surface area contributed by atoms with E-state index in [0.717, 1.165) is 18.7 Å². The summed E-state index contributed by atoms with van der Waals surface area (Å²) >= 11 is 12.5. The lowest BCUT2D eigenvalue weighted by Crippen LogP contribution is -2.54. The van der Waals surface area contributed by atoms with Crippen LogP contribution in [0.4, 0.5) is 5.69 Å². The third-order valence-corrected chi connectivity index (χ3v) is 5.01. The second-order valence-electron chi connectivity index (χ2n) is 6.23. The first kappa shape index (κ1) is 17.6. The van der Waals surface area contributed by atoms with Gasteiger partial charge in [0, 0.05) is 42.0 Å². The molecule has 1 saturated heterocycles. The molecule has 1 N–H and O–H groups in total. The molecule has 1 aliphatic rings. The molecule has 0 radical (unpaired) electrons. The van der Waals surface area contributed by atoms with E-state index >= 15 is 0 Å². The Labute approximate surface area is 153 Å². The molecule has 24 heavy (non-hydrogen) atoms. The first-order valence-corrected chi connectivity index (χ1v) is 8.84. The number of nitrogens with one attached hydrogen (secondary N) is 1. The minimum atomic E-state index is 0.158. The van der Waals surface area contributed by atoms with Crippen LogP contribution in [0.1, 0.15) is 17.2 Å². The van der Waals surface area contributed by atoms with Crippen molar-refractivity contribution in [3.63, 3.8) is 0 Å². The molecule has 2 aromatic rings. The van der Waals surface area contributed by atoms with Crippen molar-refractivity contribution in [1.29, 1.82) is 0 Å². The monoisotopic (exact) mass is 364 g/mol. The summed E-state index contributed by atoms with van der Waals surface area (Å²) in [5.74, 6) is 0. The van der Waals surface area contributed by atoms with Gasteiger partial charge in [-0.2, -0.15) is 0 Å². The summed E-state index contributed by atoms with van der Waals surface area (Å²) in [5, 5.41) is 4.93. The fourth-order valence-corrected chi connectivity index (χ4v) is 3.74. The van der Waals surface area contributed by atoms with Gasteiger partial charge in [-0.3, -0.25) is 0 Å². The number of hydrogen-bond acceptors (Lipinski definition) is 3. The van der Waals surface area contributed by atoms with Crippen LogP contribution in [0.3, 0.4) is 0 Å². The Morgan fingerprint density at radius 3 is 2.58 bits per heavy atom. The highest BCUT2D eigenvalue weighted by Crippen LogP contribution is 2.34. The van der Waals surface area contributed by atoms with E-state index < -0.39 is 0 Å². The molecule has 1 heterocycles. The zero-order chi connectivity index (χ0) is 17.1. The third kappa shape index (κ3) is 3.86. The average molecular weight is 365 g/mol. The Hall–Kier alpha value is -1.26. The second-order valence-corrected chi connectivity index (χ2v) is 7.07. The van der Waals surface area contributed by atoms with E-state index in [1.807, 2.05) is 18.2 Å². The van der Waals surface area contributed by atoms with Crippen LogP contribution >= 0.6 is 23.2 Å². The number of anilines is 1. The highest BCUT2D eigenvalue weighted by atomic mass is 35.5. The molecule has 1 aliphatic heterocycles. The quantitative estimate of drug-likeness (QED) is 0.865. The van der Waals surface area contributed by atoms with Crippen molar-refractivity contribution in [3.8, 4) is 0 Å². The molecule has 0 amide bonds. The topological polar surface area (TPSA) is 24.5 Å². The zero-order valence-electron chi connectivity index (χ0n) is 13.9. The van der Waals surface area contributed by atoms with Gasteiger partial charge < -0.3 is 15.0 Å². The first-order valence-electron chi connectivity index (χ1n) is 8.09. The maximum atomic E-state index is 6.47. The summed E-state index contributed by atoms with van der Waals surface area (Å²) in [5.41, 5.74) is 3.53. The standard InChI is InChI=1S/C19H22Cl2N2O/c1-13-3-6-16(7-4-13)23-11-15(12-24-2)22-10-19(23)17-8-5-14(20)9-18(17)21/h3-9,15,19,22H,10-12H2,1-2H3/t15-,19+/m1/s1. The molecule has 2 atom stereocenters. The van der Waals surface area contributed by atoms with Gasteiger partial charge in [0.05, 0.1) is 12.6 Å². The number of nitrogens with zero attached hydrogens (tertiary/aromatic N) is 1. The Bertz CT molecular complexity index is 690. The van der Waals surface area contributed by atoms with E-state index in [1.54, 1.807) is 7.11 Å². The van der Waals surface area contributed by atoms with E-state index in [1.165, 1.54) is 11.3 Å². The summed E-state index contributed by atoms with van der Waals surface area (Å²) in [4.78, 5) is 2.40. The number of halogens is 2. The van der Waals surface area contributed by atoms with Gasteiger partial charge in [-0.15, -0.1) is 0 Å². The number of rotatable bonds is 4. The van der Waals surface area contributed by atoms with Crippen LogP contribution in [0.15, 0.2) is 42.5 Å². The van der Waals surface area contributed by atoms with Crippen LogP contribution in [0.25, 0.3) is 0 Å². The molecule has 0 saturated carbocycles. The summed E-state index contributed by atoms with van der Waals surface area (Å²) in [6.45, 7) is 4.45. The molecule has 0 bridgehead atoms. The highest BCUT2D eigenvalue weighted by molar-refractivity contribution is 6.35. The molecule has 0 aromatic heterocycles. The first-order chi connectivity index (χ1) is 11.6. The predicted octanol–water partition coefficient (Wildman–Crippen LogP) is 4.47. The lowest BCUT2D eigenvalue weighted by atomic mass is 9.99. The normalized spacial score (nSPS) is 21.1. The number of piperazine rings is 1. The summed E-state index contributed by atoms with van der Waals surface area (Å²) in [7, 11) is 1.74.